The van der Waals surface area contributed by atoms with Gasteiger partial charge in [-0.3, -0.25) is 4.79 Å². The Morgan fingerprint density at radius 3 is 2.87 bits per heavy atom. The van der Waals surface area contributed by atoms with Gasteiger partial charge in [-0.05, 0) is 31.5 Å². The predicted octanol–water partition coefficient (Wildman–Crippen LogP) is 1.45. The summed E-state index contributed by atoms with van der Waals surface area (Å²) in [4.78, 5) is 12.1. The topological polar surface area (TPSA) is 55.1 Å². The van der Waals surface area contributed by atoms with Gasteiger partial charge in [-0.2, -0.15) is 0 Å². The Morgan fingerprint density at radius 1 is 1.40 bits per heavy atom. The molecule has 1 saturated heterocycles. The molecule has 80 valence electrons. The van der Waals surface area contributed by atoms with E-state index in [1.54, 1.807) is 6.07 Å². The van der Waals surface area contributed by atoms with Gasteiger partial charge in [0.15, 0.2) is 5.78 Å². The minimum Gasteiger partial charge on any atom is -0.398 e. The molecule has 0 saturated carbocycles. The second-order valence-corrected chi connectivity index (χ2v) is 3.99. The van der Waals surface area contributed by atoms with Crippen molar-refractivity contribution in [1.29, 1.82) is 0 Å². The van der Waals surface area contributed by atoms with Crippen LogP contribution in [0.2, 0.25) is 0 Å². The Kier molecular flexibility index (Phi) is 3.02. The first-order chi connectivity index (χ1) is 7.29. The fraction of sp³-hybridized carbons (Fsp3) is 0.417. The Morgan fingerprint density at radius 2 is 2.20 bits per heavy atom. The Balaban J connectivity index is 2.16. The van der Waals surface area contributed by atoms with Gasteiger partial charge in [0.25, 0.3) is 0 Å². The number of carbonyl (C=O) groups excluding carboxylic acids is 1. The van der Waals surface area contributed by atoms with Crippen LogP contribution in [-0.2, 0) is 0 Å². The number of nitrogens with one attached hydrogen (secondary N) is 1. The number of anilines is 1. The van der Waals surface area contributed by atoms with Crippen molar-refractivity contribution in [3.63, 3.8) is 0 Å². The van der Waals surface area contributed by atoms with Crippen LogP contribution in [0.1, 0.15) is 23.2 Å². The summed E-state index contributed by atoms with van der Waals surface area (Å²) >= 11 is 0. The highest BCUT2D eigenvalue weighted by Crippen LogP contribution is 2.20. The van der Waals surface area contributed by atoms with Crippen molar-refractivity contribution >= 4 is 11.5 Å². The fourth-order valence-corrected chi connectivity index (χ4v) is 2.02. The van der Waals surface area contributed by atoms with Crippen LogP contribution >= 0.6 is 0 Å². The molecule has 3 nitrogen and oxygen atoms in total. The van der Waals surface area contributed by atoms with Crippen LogP contribution in [0.3, 0.4) is 0 Å². The lowest BCUT2D eigenvalue weighted by molar-refractivity contribution is 0.0900. The molecule has 3 N–H and O–H groups in total. The molecule has 1 unspecified atom stereocenters. The molecule has 0 amide bonds. The van der Waals surface area contributed by atoms with E-state index in [9.17, 15) is 4.79 Å². The number of ketones is 1. The van der Waals surface area contributed by atoms with Gasteiger partial charge >= 0.3 is 0 Å². The zero-order valence-corrected chi connectivity index (χ0v) is 8.70. The molecular formula is C12H16N2O. The predicted molar refractivity (Wildman–Crippen MR) is 60.8 cm³/mol. The lowest BCUT2D eigenvalue weighted by atomic mass is 9.90. The smallest absolute Gasteiger partial charge is 0.169 e. The summed E-state index contributed by atoms with van der Waals surface area (Å²) in [7, 11) is 0. The van der Waals surface area contributed by atoms with Crippen LogP contribution < -0.4 is 11.1 Å². The average Bonchev–Trinajstić information content (AvgIpc) is 2.30. The summed E-state index contributed by atoms with van der Waals surface area (Å²) in [6.45, 7) is 1.81. The highest BCUT2D eigenvalue weighted by Gasteiger charge is 2.23. The number of nitrogen functional groups attached to an aromatic ring is 1. The maximum absolute atomic E-state index is 12.1. The van der Waals surface area contributed by atoms with E-state index >= 15 is 0 Å². The van der Waals surface area contributed by atoms with Gasteiger partial charge in [-0.15, -0.1) is 0 Å². The number of rotatable bonds is 2. The number of para-hydroxylation sites is 1. The molecule has 0 bridgehead atoms. The van der Waals surface area contributed by atoms with Gasteiger partial charge in [0.05, 0.1) is 0 Å². The van der Waals surface area contributed by atoms with Crippen LogP contribution in [0, 0.1) is 5.92 Å². The van der Waals surface area contributed by atoms with Crippen LogP contribution in [0.25, 0.3) is 0 Å². The second-order valence-electron chi connectivity index (χ2n) is 3.99. The first kappa shape index (κ1) is 10.2. The van der Waals surface area contributed by atoms with E-state index in [0.29, 0.717) is 11.3 Å². The summed E-state index contributed by atoms with van der Waals surface area (Å²) in [6, 6.07) is 7.31. The normalized spacial score (nSPS) is 21.2. The molecule has 1 aliphatic rings. The molecule has 1 heterocycles. The highest BCUT2D eigenvalue weighted by molar-refractivity contribution is 6.02. The summed E-state index contributed by atoms with van der Waals surface area (Å²) in [5, 5.41) is 3.24. The van der Waals surface area contributed by atoms with Crippen molar-refractivity contribution in [2.75, 3.05) is 18.8 Å². The van der Waals surface area contributed by atoms with E-state index in [1.165, 1.54) is 0 Å². The highest BCUT2D eigenvalue weighted by atomic mass is 16.1. The van der Waals surface area contributed by atoms with Gasteiger partial charge in [0.1, 0.15) is 0 Å². The maximum Gasteiger partial charge on any atom is 0.169 e. The molecule has 1 aliphatic heterocycles. The zero-order valence-electron chi connectivity index (χ0n) is 8.70. The molecule has 0 spiro atoms. The lowest BCUT2D eigenvalue weighted by Gasteiger charge is -2.21. The van der Waals surface area contributed by atoms with E-state index in [2.05, 4.69) is 5.32 Å². The first-order valence-electron chi connectivity index (χ1n) is 5.38. The number of Topliss-reactive ketones (excluding diaryl/α,β-unsaturated/α-hetero) is 1. The number of hydrogen-bond acceptors (Lipinski definition) is 3. The molecule has 0 aromatic heterocycles. The Hall–Kier alpha value is -1.35. The molecule has 2 rings (SSSR count). The van der Waals surface area contributed by atoms with E-state index < -0.39 is 0 Å². The van der Waals surface area contributed by atoms with Crippen molar-refractivity contribution in [2.45, 2.75) is 12.8 Å². The Bertz CT molecular complexity index is 356. The van der Waals surface area contributed by atoms with Crippen molar-refractivity contribution in [3.05, 3.63) is 29.8 Å². The molecule has 1 aromatic rings. The minimum atomic E-state index is 0.100. The molecule has 1 aromatic carbocycles. The quantitative estimate of drug-likeness (QED) is 0.566. The lowest BCUT2D eigenvalue weighted by Crippen LogP contribution is -2.34. The SMILES string of the molecule is Nc1ccccc1C(=O)C1CCCNC1. The molecule has 15 heavy (non-hydrogen) atoms. The summed E-state index contributed by atoms with van der Waals surface area (Å²) in [6.07, 6.45) is 2.04. The van der Waals surface area contributed by atoms with Gasteiger partial charge in [0.2, 0.25) is 0 Å². The maximum atomic E-state index is 12.1. The number of hydrogen-bond donors (Lipinski definition) is 2. The molecule has 1 fully saturated rings. The molecule has 0 aliphatic carbocycles. The fourth-order valence-electron chi connectivity index (χ4n) is 2.02. The van der Waals surface area contributed by atoms with Crippen LogP contribution in [-0.4, -0.2) is 18.9 Å². The summed E-state index contributed by atoms with van der Waals surface area (Å²) in [5.41, 5.74) is 7.05. The van der Waals surface area contributed by atoms with Gasteiger partial charge in [-0.25, -0.2) is 0 Å². The van der Waals surface area contributed by atoms with Crippen molar-refractivity contribution < 1.29 is 4.79 Å². The van der Waals surface area contributed by atoms with Crippen LogP contribution in [0.15, 0.2) is 24.3 Å². The Labute approximate surface area is 89.7 Å². The average molecular weight is 204 g/mol. The second kappa shape index (κ2) is 4.45. The monoisotopic (exact) mass is 204 g/mol. The number of nitrogens with two attached hydrogens (primary N) is 1. The van der Waals surface area contributed by atoms with Crippen molar-refractivity contribution in [3.8, 4) is 0 Å². The zero-order chi connectivity index (χ0) is 10.7. The van der Waals surface area contributed by atoms with E-state index in [1.807, 2.05) is 18.2 Å². The molecule has 3 heteroatoms. The van der Waals surface area contributed by atoms with Gasteiger partial charge in [0, 0.05) is 23.7 Å². The third-order valence-electron chi connectivity index (χ3n) is 2.89. The van der Waals surface area contributed by atoms with E-state index in [4.69, 9.17) is 5.73 Å². The number of benzene rings is 1. The van der Waals surface area contributed by atoms with E-state index in [0.717, 1.165) is 25.9 Å². The summed E-state index contributed by atoms with van der Waals surface area (Å²) < 4.78 is 0. The third-order valence-corrected chi connectivity index (χ3v) is 2.89. The molecule has 1 atom stereocenters. The van der Waals surface area contributed by atoms with Crippen molar-refractivity contribution in [2.24, 2.45) is 5.92 Å². The molecule has 0 radical (unpaired) electrons. The third kappa shape index (κ3) is 2.18. The minimum absolute atomic E-state index is 0.100. The standard InChI is InChI=1S/C12H16N2O/c13-11-6-2-1-5-10(11)12(15)9-4-3-7-14-8-9/h1-2,5-6,9,14H,3-4,7-8,13H2. The number of piperidine rings is 1. The van der Waals surface area contributed by atoms with Crippen molar-refractivity contribution in [1.82, 2.24) is 5.32 Å². The summed E-state index contributed by atoms with van der Waals surface area (Å²) in [5.74, 6) is 0.281. The van der Waals surface area contributed by atoms with Gasteiger partial charge in [-0.1, -0.05) is 12.1 Å². The molecular weight excluding hydrogens is 188 g/mol. The number of carbonyl (C=O) groups is 1. The van der Waals surface area contributed by atoms with Crippen LogP contribution in [0.5, 0.6) is 0 Å². The van der Waals surface area contributed by atoms with Crippen LogP contribution in [0.4, 0.5) is 5.69 Å². The first-order valence-corrected chi connectivity index (χ1v) is 5.38. The largest absolute Gasteiger partial charge is 0.398 e. The van der Waals surface area contributed by atoms with Gasteiger partial charge < -0.3 is 11.1 Å². The van der Waals surface area contributed by atoms with E-state index in [-0.39, 0.29) is 11.7 Å².